The summed E-state index contributed by atoms with van der Waals surface area (Å²) in [7, 11) is 0. The number of imidazole rings is 1. The van der Waals surface area contributed by atoms with Gasteiger partial charge in [-0.25, -0.2) is 14.6 Å². The highest BCUT2D eigenvalue weighted by Gasteiger charge is 2.25. The van der Waals surface area contributed by atoms with Gasteiger partial charge in [0.05, 0.1) is 16.7 Å². The van der Waals surface area contributed by atoms with E-state index in [0.29, 0.717) is 31.2 Å². The number of carbonyl (C=O) groups is 2. The first kappa shape index (κ1) is 30.9. The molecule has 2 aromatic heterocycles. The molecule has 0 bridgehead atoms. The molecule has 44 heavy (non-hydrogen) atoms. The van der Waals surface area contributed by atoms with Gasteiger partial charge in [0.2, 0.25) is 0 Å². The van der Waals surface area contributed by atoms with Gasteiger partial charge in [-0.05, 0) is 57.2 Å². The van der Waals surface area contributed by atoms with E-state index in [0.717, 1.165) is 47.8 Å². The number of hydrogen-bond donors (Lipinski definition) is 3. The molecule has 234 valence electrons. The molecule has 5 rings (SSSR count). The normalized spacial score (nSPS) is 14.5. The Labute approximate surface area is 257 Å². The quantitative estimate of drug-likeness (QED) is 0.250. The Kier molecular flexibility index (Phi) is 8.82. The summed E-state index contributed by atoms with van der Waals surface area (Å²) in [6.45, 7) is 16.0. The summed E-state index contributed by atoms with van der Waals surface area (Å²) < 4.78 is 13.5. The summed E-state index contributed by atoms with van der Waals surface area (Å²) in [5, 5.41) is 12.8. The molecule has 3 heterocycles. The van der Waals surface area contributed by atoms with E-state index in [2.05, 4.69) is 51.5 Å². The lowest BCUT2D eigenvalue weighted by molar-refractivity contribution is 0.0137. The number of H-pyrrole nitrogens is 1. The molecule has 3 amide bonds. The van der Waals surface area contributed by atoms with Gasteiger partial charge >= 0.3 is 12.1 Å². The first-order chi connectivity index (χ1) is 20.8. The number of fused-ring (bicyclic) bond motifs is 1. The Hall–Kier alpha value is -4.58. The Morgan fingerprint density at radius 3 is 2.32 bits per heavy atom. The molecule has 1 aliphatic heterocycles. The van der Waals surface area contributed by atoms with E-state index in [1.54, 1.807) is 11.2 Å². The predicted molar refractivity (Wildman–Crippen MR) is 171 cm³/mol. The average Bonchev–Trinajstić information content (AvgIpc) is 3.60. The van der Waals surface area contributed by atoms with E-state index in [-0.39, 0.29) is 17.5 Å². The van der Waals surface area contributed by atoms with Crippen LogP contribution in [0.4, 0.5) is 21.1 Å². The maximum Gasteiger partial charge on any atom is 0.410 e. The highest BCUT2D eigenvalue weighted by molar-refractivity contribution is 5.99. The van der Waals surface area contributed by atoms with Gasteiger partial charge in [-0.3, -0.25) is 19.9 Å². The lowest BCUT2D eigenvalue weighted by Crippen LogP contribution is -2.50. The van der Waals surface area contributed by atoms with Crippen LogP contribution in [0.15, 0.2) is 54.9 Å². The van der Waals surface area contributed by atoms with Gasteiger partial charge in [-0.2, -0.15) is 5.10 Å². The molecule has 2 aromatic carbocycles. The number of urea groups is 1. The van der Waals surface area contributed by atoms with Crippen LogP contribution in [0.5, 0.6) is 5.75 Å². The van der Waals surface area contributed by atoms with E-state index in [4.69, 9.17) is 9.47 Å². The Balaban J connectivity index is 1.10. The van der Waals surface area contributed by atoms with Crippen molar-refractivity contribution >= 4 is 34.7 Å². The van der Waals surface area contributed by atoms with E-state index in [1.807, 2.05) is 73.9 Å². The zero-order valence-electron chi connectivity index (χ0n) is 26.3. The fourth-order valence-corrected chi connectivity index (χ4v) is 4.82. The minimum Gasteiger partial charge on any atom is -0.492 e. The zero-order valence-corrected chi connectivity index (χ0v) is 26.3. The molecule has 0 aliphatic carbocycles. The smallest absolute Gasteiger partial charge is 0.410 e. The first-order valence-electron chi connectivity index (χ1n) is 14.9. The van der Waals surface area contributed by atoms with E-state index >= 15 is 0 Å². The van der Waals surface area contributed by atoms with Gasteiger partial charge in [0.25, 0.3) is 0 Å². The first-order valence-corrected chi connectivity index (χ1v) is 14.9. The van der Waals surface area contributed by atoms with Crippen molar-refractivity contribution in [3.63, 3.8) is 0 Å². The largest absolute Gasteiger partial charge is 0.492 e. The highest BCUT2D eigenvalue weighted by Crippen LogP contribution is 2.25. The summed E-state index contributed by atoms with van der Waals surface area (Å²) in [4.78, 5) is 33.4. The van der Waals surface area contributed by atoms with Crippen molar-refractivity contribution in [2.45, 2.75) is 52.6 Å². The van der Waals surface area contributed by atoms with Crippen LogP contribution in [0.3, 0.4) is 0 Å². The van der Waals surface area contributed by atoms with Crippen LogP contribution in [-0.4, -0.2) is 86.6 Å². The summed E-state index contributed by atoms with van der Waals surface area (Å²) in [6.07, 6.45) is 1.52. The third-order valence-corrected chi connectivity index (χ3v) is 7.22. The molecule has 3 N–H and O–H groups in total. The van der Waals surface area contributed by atoms with Gasteiger partial charge in [-0.1, -0.05) is 20.8 Å². The van der Waals surface area contributed by atoms with Crippen molar-refractivity contribution in [3.8, 4) is 11.4 Å². The summed E-state index contributed by atoms with van der Waals surface area (Å²) in [5.74, 6) is 1.29. The summed E-state index contributed by atoms with van der Waals surface area (Å²) in [5.41, 5.74) is 3.62. The molecular weight excluding hydrogens is 560 g/mol. The fraction of sp³-hybridized carbons (Fsp3) is 0.438. The number of nitrogens with one attached hydrogen (secondary N) is 3. The maximum atomic E-state index is 12.5. The zero-order chi connectivity index (χ0) is 31.5. The molecule has 1 aliphatic rings. The minimum absolute atomic E-state index is 0.113. The number of aromatic nitrogens is 4. The number of aromatic amines is 1. The van der Waals surface area contributed by atoms with Crippen molar-refractivity contribution in [1.82, 2.24) is 29.5 Å². The van der Waals surface area contributed by atoms with Gasteiger partial charge in [0, 0.05) is 61.6 Å². The lowest BCUT2D eigenvalue weighted by atomic mass is 9.92. The number of carbonyl (C=O) groups excluding carboxylic acids is 2. The second-order valence-electron chi connectivity index (χ2n) is 13.0. The molecule has 12 nitrogen and oxygen atoms in total. The molecule has 0 unspecified atom stereocenters. The molecule has 0 atom stereocenters. The third-order valence-electron chi connectivity index (χ3n) is 7.22. The monoisotopic (exact) mass is 602 g/mol. The average molecular weight is 603 g/mol. The molecular formula is C32H42N8O4. The standard InChI is InChI=1S/C32H42N8O4/c1-31(2,3)27-20-28(37-36-27)35-29(41)34-22-7-9-23(10-8-22)40-21-33-25-19-24(11-12-26(25)40)43-18-17-38-13-15-39(16-14-38)30(42)44-32(4,5)6/h7-12,19-21H,13-18H2,1-6H3,(H3,34,35,36,37,41). The third kappa shape index (κ3) is 7.87. The van der Waals surface area contributed by atoms with Crippen LogP contribution in [0, 0.1) is 0 Å². The summed E-state index contributed by atoms with van der Waals surface area (Å²) in [6, 6.07) is 14.9. The second-order valence-corrected chi connectivity index (χ2v) is 13.0. The maximum absolute atomic E-state index is 12.5. The molecule has 0 saturated carbocycles. The Bertz CT molecular complexity index is 1590. The van der Waals surface area contributed by atoms with Crippen LogP contribution in [-0.2, 0) is 10.2 Å². The SMILES string of the molecule is CC(C)(C)OC(=O)N1CCN(CCOc2ccc3c(c2)ncn3-c2ccc(NC(=O)Nc3cc(C(C)(C)C)n[nH]3)cc2)CC1. The van der Waals surface area contributed by atoms with E-state index < -0.39 is 5.60 Å². The molecule has 1 fully saturated rings. The summed E-state index contributed by atoms with van der Waals surface area (Å²) >= 11 is 0. The number of piperazine rings is 1. The molecule has 0 spiro atoms. The van der Waals surface area contributed by atoms with Crippen LogP contribution < -0.4 is 15.4 Å². The number of ether oxygens (including phenoxy) is 2. The van der Waals surface area contributed by atoms with Crippen LogP contribution in [0.2, 0.25) is 0 Å². The van der Waals surface area contributed by atoms with Crippen LogP contribution >= 0.6 is 0 Å². The van der Waals surface area contributed by atoms with Crippen molar-refractivity contribution < 1.29 is 19.1 Å². The topological polar surface area (TPSA) is 130 Å². The molecule has 4 aromatic rings. The molecule has 12 heteroatoms. The number of anilines is 2. The number of amides is 3. The van der Waals surface area contributed by atoms with Gasteiger partial charge in [0.15, 0.2) is 0 Å². The fourth-order valence-electron chi connectivity index (χ4n) is 4.82. The van der Waals surface area contributed by atoms with E-state index in [9.17, 15) is 9.59 Å². The number of rotatable bonds is 7. The van der Waals surface area contributed by atoms with Crippen molar-refractivity contribution in [2.75, 3.05) is 50.0 Å². The minimum atomic E-state index is -0.487. The van der Waals surface area contributed by atoms with E-state index in [1.165, 1.54) is 0 Å². The predicted octanol–water partition coefficient (Wildman–Crippen LogP) is 5.62. The lowest BCUT2D eigenvalue weighted by Gasteiger charge is -2.35. The number of benzene rings is 2. The Morgan fingerprint density at radius 2 is 1.66 bits per heavy atom. The van der Waals surface area contributed by atoms with Crippen molar-refractivity contribution in [3.05, 3.63) is 60.6 Å². The number of nitrogens with zero attached hydrogens (tertiary/aromatic N) is 5. The van der Waals surface area contributed by atoms with Crippen LogP contribution in [0.25, 0.3) is 16.7 Å². The molecule has 1 saturated heterocycles. The van der Waals surface area contributed by atoms with Gasteiger partial charge in [-0.15, -0.1) is 0 Å². The Morgan fingerprint density at radius 1 is 0.932 bits per heavy atom. The number of hydrogen-bond acceptors (Lipinski definition) is 7. The highest BCUT2D eigenvalue weighted by atomic mass is 16.6. The van der Waals surface area contributed by atoms with Gasteiger partial charge in [0.1, 0.15) is 30.1 Å². The van der Waals surface area contributed by atoms with Gasteiger partial charge < -0.3 is 19.7 Å². The second kappa shape index (κ2) is 12.6. The van der Waals surface area contributed by atoms with Crippen LogP contribution in [0.1, 0.15) is 47.2 Å². The van der Waals surface area contributed by atoms with Crippen molar-refractivity contribution in [2.24, 2.45) is 0 Å². The molecule has 0 radical (unpaired) electrons. The van der Waals surface area contributed by atoms with Crippen molar-refractivity contribution in [1.29, 1.82) is 0 Å².